The van der Waals surface area contributed by atoms with Gasteiger partial charge in [0, 0.05) is 6.42 Å². The zero-order valence-corrected chi connectivity index (χ0v) is 6.63. The molecule has 0 amide bonds. The van der Waals surface area contributed by atoms with E-state index in [4.69, 9.17) is 5.26 Å². The molecule has 0 N–H and O–H groups in total. The molecule has 11 heavy (non-hydrogen) atoms. The van der Waals surface area contributed by atoms with Crippen molar-refractivity contribution in [1.82, 2.24) is 0 Å². The smallest absolute Gasteiger partial charge is 0.222 e. The van der Waals surface area contributed by atoms with Crippen LogP contribution in [0.15, 0.2) is 5.16 Å². The summed E-state index contributed by atoms with van der Waals surface area (Å²) in [4.78, 5) is 15.4. The van der Waals surface area contributed by atoms with Crippen molar-refractivity contribution in [2.75, 3.05) is 6.61 Å². The van der Waals surface area contributed by atoms with Crippen LogP contribution < -0.4 is 0 Å². The summed E-state index contributed by atoms with van der Waals surface area (Å²) in [5.74, 6) is -0.291. The highest BCUT2D eigenvalue weighted by molar-refractivity contribution is 6.45. The van der Waals surface area contributed by atoms with Gasteiger partial charge in [-0.1, -0.05) is 12.1 Å². The Hall–Kier alpha value is -1.37. The Morgan fingerprint density at radius 2 is 2.27 bits per heavy atom. The summed E-state index contributed by atoms with van der Waals surface area (Å²) in [5.41, 5.74) is -0.158. The van der Waals surface area contributed by atoms with E-state index in [1.54, 1.807) is 19.9 Å². The second-order valence-electron chi connectivity index (χ2n) is 1.75. The molecule has 4 heteroatoms. The number of nitriles is 1. The first-order valence-electron chi connectivity index (χ1n) is 3.39. The van der Waals surface area contributed by atoms with Crippen LogP contribution in [0.2, 0.25) is 0 Å². The van der Waals surface area contributed by atoms with Crippen LogP contribution in [0.5, 0.6) is 0 Å². The molecule has 0 aliphatic heterocycles. The molecule has 0 aromatic heterocycles. The van der Waals surface area contributed by atoms with E-state index in [9.17, 15) is 4.79 Å². The molecule has 0 spiro atoms. The molecule has 0 aliphatic carbocycles. The highest BCUT2D eigenvalue weighted by atomic mass is 16.6. The van der Waals surface area contributed by atoms with E-state index < -0.39 is 0 Å². The number of carbonyl (C=O) groups is 1. The van der Waals surface area contributed by atoms with Crippen LogP contribution in [0.25, 0.3) is 0 Å². The average Bonchev–Trinajstić information content (AvgIpc) is 2.05. The van der Waals surface area contributed by atoms with Crippen molar-refractivity contribution in [3.8, 4) is 6.07 Å². The molecule has 0 rings (SSSR count). The van der Waals surface area contributed by atoms with Crippen LogP contribution in [0.1, 0.15) is 20.3 Å². The fourth-order valence-electron chi connectivity index (χ4n) is 0.430. The van der Waals surface area contributed by atoms with Gasteiger partial charge in [-0.3, -0.25) is 4.79 Å². The lowest BCUT2D eigenvalue weighted by Gasteiger charge is -1.93. The zero-order chi connectivity index (χ0) is 8.69. The van der Waals surface area contributed by atoms with E-state index in [1.807, 2.05) is 0 Å². The van der Waals surface area contributed by atoms with Gasteiger partial charge in [-0.25, -0.2) is 0 Å². The van der Waals surface area contributed by atoms with E-state index >= 15 is 0 Å². The van der Waals surface area contributed by atoms with E-state index in [0.29, 0.717) is 6.61 Å². The lowest BCUT2D eigenvalue weighted by atomic mass is 10.2. The van der Waals surface area contributed by atoms with Crippen molar-refractivity contribution in [2.24, 2.45) is 5.16 Å². The molecule has 0 heterocycles. The second-order valence-corrected chi connectivity index (χ2v) is 1.75. The first-order valence-corrected chi connectivity index (χ1v) is 3.39. The van der Waals surface area contributed by atoms with Gasteiger partial charge in [0.25, 0.3) is 0 Å². The normalized spacial score (nSPS) is 10.5. The average molecular weight is 154 g/mol. The number of oxime groups is 1. The van der Waals surface area contributed by atoms with Crippen molar-refractivity contribution in [3.05, 3.63) is 0 Å². The maximum absolute atomic E-state index is 10.8. The highest BCUT2D eigenvalue weighted by Crippen LogP contribution is 1.87. The number of hydrogen-bond donors (Lipinski definition) is 0. The van der Waals surface area contributed by atoms with Gasteiger partial charge in [-0.05, 0) is 6.92 Å². The van der Waals surface area contributed by atoms with Gasteiger partial charge in [0.05, 0.1) is 0 Å². The molecule has 0 aliphatic rings. The van der Waals surface area contributed by atoms with Gasteiger partial charge >= 0.3 is 0 Å². The van der Waals surface area contributed by atoms with Gasteiger partial charge in [0.2, 0.25) is 5.71 Å². The first-order chi connectivity index (χ1) is 5.26. The summed E-state index contributed by atoms with van der Waals surface area (Å²) in [7, 11) is 0. The summed E-state index contributed by atoms with van der Waals surface area (Å²) in [6.45, 7) is 3.76. The predicted octanol–water partition coefficient (Wildman–Crippen LogP) is 0.882. The standard InChI is InChI=1S/C7H10N2O2/c1-3-7(10)6(5-8)9-11-4-2/h3-4H2,1-2H3/b9-6+. The summed E-state index contributed by atoms with van der Waals surface area (Å²) in [5, 5.41) is 11.7. The van der Waals surface area contributed by atoms with Crippen LogP contribution in [0.4, 0.5) is 0 Å². The number of ketones is 1. The molecule has 0 radical (unpaired) electrons. The molecule has 0 unspecified atom stereocenters. The Kier molecular flexibility index (Phi) is 4.74. The Balaban J connectivity index is 4.18. The third-order valence-corrected chi connectivity index (χ3v) is 0.976. The molecule has 0 saturated carbocycles. The number of nitrogens with zero attached hydrogens (tertiary/aromatic N) is 2. The first kappa shape index (κ1) is 9.63. The Morgan fingerprint density at radius 1 is 1.64 bits per heavy atom. The summed E-state index contributed by atoms with van der Waals surface area (Å²) < 4.78 is 0. The molecular formula is C7H10N2O2. The van der Waals surface area contributed by atoms with E-state index in [1.165, 1.54) is 0 Å². The van der Waals surface area contributed by atoms with E-state index in [2.05, 4.69) is 9.99 Å². The Bertz CT molecular complexity index is 203. The SMILES string of the molecule is CCO/N=C(\C#N)C(=O)CC. The Labute approximate surface area is 65.4 Å². The lowest BCUT2D eigenvalue weighted by Crippen LogP contribution is -2.10. The molecule has 4 nitrogen and oxygen atoms in total. The molecule has 0 aromatic rings. The fourth-order valence-corrected chi connectivity index (χ4v) is 0.430. The highest BCUT2D eigenvalue weighted by Gasteiger charge is 2.07. The lowest BCUT2D eigenvalue weighted by molar-refractivity contribution is -0.112. The van der Waals surface area contributed by atoms with Crippen LogP contribution in [0.3, 0.4) is 0 Å². The molecule has 60 valence electrons. The monoisotopic (exact) mass is 154 g/mol. The maximum Gasteiger partial charge on any atom is 0.222 e. The molecule has 0 atom stereocenters. The van der Waals surface area contributed by atoms with Crippen LogP contribution >= 0.6 is 0 Å². The minimum atomic E-state index is -0.291. The zero-order valence-electron chi connectivity index (χ0n) is 6.63. The van der Waals surface area contributed by atoms with E-state index in [0.717, 1.165) is 0 Å². The minimum Gasteiger partial charge on any atom is -0.395 e. The summed E-state index contributed by atoms with van der Waals surface area (Å²) in [6, 6.07) is 1.66. The second kappa shape index (κ2) is 5.42. The number of carbonyl (C=O) groups excluding carboxylic acids is 1. The number of Topliss-reactive ketones (excluding diaryl/α,β-unsaturated/α-hetero) is 1. The van der Waals surface area contributed by atoms with E-state index in [-0.39, 0.29) is 17.9 Å². The molecule has 0 aromatic carbocycles. The Morgan fingerprint density at radius 3 is 2.64 bits per heavy atom. The van der Waals surface area contributed by atoms with Crippen LogP contribution in [0, 0.1) is 11.3 Å². The van der Waals surface area contributed by atoms with Gasteiger partial charge in [-0.2, -0.15) is 5.26 Å². The number of rotatable bonds is 4. The molecule has 0 bridgehead atoms. The van der Waals surface area contributed by atoms with Gasteiger partial charge in [0.15, 0.2) is 5.78 Å². The molecule has 0 saturated heterocycles. The topological polar surface area (TPSA) is 62.4 Å². The third kappa shape index (κ3) is 3.36. The van der Waals surface area contributed by atoms with Crippen molar-refractivity contribution >= 4 is 11.5 Å². The van der Waals surface area contributed by atoms with Crippen molar-refractivity contribution in [1.29, 1.82) is 5.26 Å². The minimum absolute atomic E-state index is 0.158. The van der Waals surface area contributed by atoms with Crippen molar-refractivity contribution in [2.45, 2.75) is 20.3 Å². The quantitative estimate of drug-likeness (QED) is 0.446. The van der Waals surface area contributed by atoms with Crippen molar-refractivity contribution < 1.29 is 9.63 Å². The fraction of sp³-hybridized carbons (Fsp3) is 0.571. The summed E-state index contributed by atoms with van der Waals surface area (Å²) >= 11 is 0. The summed E-state index contributed by atoms with van der Waals surface area (Å²) in [6.07, 6.45) is 0.277. The number of hydrogen-bond acceptors (Lipinski definition) is 4. The molecular weight excluding hydrogens is 144 g/mol. The van der Waals surface area contributed by atoms with Crippen molar-refractivity contribution in [3.63, 3.8) is 0 Å². The maximum atomic E-state index is 10.8. The van der Waals surface area contributed by atoms with Gasteiger partial charge in [-0.15, -0.1) is 0 Å². The van der Waals surface area contributed by atoms with Gasteiger partial charge < -0.3 is 4.84 Å². The third-order valence-electron chi connectivity index (χ3n) is 0.976. The largest absolute Gasteiger partial charge is 0.395 e. The predicted molar refractivity (Wildman–Crippen MR) is 40.0 cm³/mol. The van der Waals surface area contributed by atoms with Crippen LogP contribution in [-0.2, 0) is 9.63 Å². The molecule has 0 fully saturated rings. The van der Waals surface area contributed by atoms with Gasteiger partial charge in [0.1, 0.15) is 12.7 Å². The van der Waals surface area contributed by atoms with Crippen LogP contribution in [-0.4, -0.2) is 18.1 Å².